The molecule has 0 bridgehead atoms. The normalized spacial score (nSPS) is 11.3. The highest BCUT2D eigenvalue weighted by atomic mass is 32.2. The van der Waals surface area contributed by atoms with Crippen molar-refractivity contribution in [3.63, 3.8) is 0 Å². The van der Waals surface area contributed by atoms with Crippen LogP contribution in [0.3, 0.4) is 0 Å². The first-order chi connectivity index (χ1) is 8.72. The van der Waals surface area contributed by atoms with Crippen LogP contribution in [0.15, 0.2) is 17.3 Å². The van der Waals surface area contributed by atoms with Gasteiger partial charge in [-0.05, 0) is 0 Å². The number of amides is 1. The molecule has 0 spiro atoms. The van der Waals surface area contributed by atoms with E-state index >= 15 is 0 Å². The van der Waals surface area contributed by atoms with E-state index in [1.54, 1.807) is 7.05 Å². The number of carbonyl (C=O) groups is 2. The van der Waals surface area contributed by atoms with E-state index in [1.165, 1.54) is 17.9 Å². The van der Waals surface area contributed by atoms with Crippen molar-refractivity contribution < 1.29 is 23.1 Å². The minimum Gasteiger partial charge on any atom is -0.480 e. The van der Waals surface area contributed by atoms with Crippen LogP contribution in [0.25, 0.3) is 0 Å². The number of carbonyl (C=O) groups excluding carboxylic acids is 1. The monoisotopic (exact) mass is 290 g/mol. The first kappa shape index (κ1) is 15.1. The number of nitrogens with zero attached hydrogens (tertiary/aromatic N) is 3. The van der Waals surface area contributed by atoms with Crippen molar-refractivity contribution in [3.8, 4) is 0 Å². The second-order valence-corrected chi connectivity index (χ2v) is 5.58. The van der Waals surface area contributed by atoms with E-state index in [2.05, 4.69) is 9.82 Å². The van der Waals surface area contributed by atoms with Crippen LogP contribution in [-0.4, -0.2) is 60.2 Å². The highest BCUT2D eigenvalue weighted by molar-refractivity contribution is 7.89. The van der Waals surface area contributed by atoms with Gasteiger partial charge >= 0.3 is 5.97 Å². The minimum absolute atomic E-state index is 0.0660. The van der Waals surface area contributed by atoms with E-state index < -0.39 is 35.0 Å². The Morgan fingerprint density at radius 2 is 2.16 bits per heavy atom. The van der Waals surface area contributed by atoms with Crippen molar-refractivity contribution in [2.24, 2.45) is 7.05 Å². The third-order valence-electron chi connectivity index (χ3n) is 2.20. The summed E-state index contributed by atoms with van der Waals surface area (Å²) < 4.78 is 26.9. The summed E-state index contributed by atoms with van der Waals surface area (Å²) in [6, 6.07) is 0. The van der Waals surface area contributed by atoms with E-state index in [1.807, 2.05) is 0 Å². The maximum absolute atomic E-state index is 11.7. The lowest BCUT2D eigenvalue weighted by Gasteiger charge is -2.14. The van der Waals surface area contributed by atoms with Crippen molar-refractivity contribution in [1.29, 1.82) is 0 Å². The van der Waals surface area contributed by atoms with Gasteiger partial charge in [0.25, 0.3) is 0 Å². The maximum atomic E-state index is 11.7. The van der Waals surface area contributed by atoms with Crippen LogP contribution in [0.2, 0.25) is 0 Å². The van der Waals surface area contributed by atoms with Gasteiger partial charge in [0.2, 0.25) is 15.9 Å². The zero-order valence-electron chi connectivity index (χ0n) is 10.4. The SMILES string of the molecule is CN(CC(=O)O)C(=O)CNS(=O)(=O)c1cnn(C)c1. The second kappa shape index (κ2) is 5.80. The summed E-state index contributed by atoms with van der Waals surface area (Å²) in [5, 5.41) is 12.2. The van der Waals surface area contributed by atoms with Gasteiger partial charge in [-0.1, -0.05) is 0 Å². The van der Waals surface area contributed by atoms with E-state index in [0.717, 1.165) is 11.1 Å². The van der Waals surface area contributed by atoms with E-state index in [9.17, 15) is 18.0 Å². The number of hydrogen-bond acceptors (Lipinski definition) is 5. The molecule has 1 heterocycles. The zero-order valence-corrected chi connectivity index (χ0v) is 11.2. The largest absolute Gasteiger partial charge is 0.480 e. The predicted octanol–water partition coefficient (Wildman–Crippen LogP) is -1.76. The van der Waals surface area contributed by atoms with Gasteiger partial charge in [-0.2, -0.15) is 5.10 Å². The Kier molecular flexibility index (Phi) is 4.62. The number of carboxylic acids is 1. The summed E-state index contributed by atoms with van der Waals surface area (Å²) >= 11 is 0. The van der Waals surface area contributed by atoms with Crippen molar-refractivity contribution in [3.05, 3.63) is 12.4 Å². The molecule has 19 heavy (non-hydrogen) atoms. The van der Waals surface area contributed by atoms with Gasteiger partial charge in [0.15, 0.2) is 0 Å². The fourth-order valence-electron chi connectivity index (χ4n) is 1.20. The number of aliphatic carboxylic acids is 1. The Labute approximate surface area is 109 Å². The Hall–Kier alpha value is -1.94. The summed E-state index contributed by atoms with van der Waals surface area (Å²) in [4.78, 5) is 22.7. The number of nitrogens with one attached hydrogen (secondary N) is 1. The second-order valence-electron chi connectivity index (χ2n) is 3.82. The summed E-state index contributed by atoms with van der Waals surface area (Å²) in [6.07, 6.45) is 2.43. The van der Waals surface area contributed by atoms with E-state index in [4.69, 9.17) is 5.11 Å². The molecule has 0 saturated heterocycles. The molecule has 0 aromatic carbocycles. The van der Waals surface area contributed by atoms with Crippen molar-refractivity contribution in [1.82, 2.24) is 19.4 Å². The Morgan fingerprint density at radius 3 is 2.63 bits per heavy atom. The molecule has 0 atom stereocenters. The van der Waals surface area contributed by atoms with Gasteiger partial charge in [0.1, 0.15) is 11.4 Å². The average Bonchev–Trinajstić information content (AvgIpc) is 2.72. The third kappa shape index (κ3) is 4.34. The Morgan fingerprint density at radius 1 is 1.53 bits per heavy atom. The molecule has 0 saturated carbocycles. The van der Waals surface area contributed by atoms with Crippen LogP contribution < -0.4 is 4.72 Å². The molecule has 1 amide bonds. The minimum atomic E-state index is -3.82. The van der Waals surface area contributed by atoms with E-state index in [-0.39, 0.29) is 4.90 Å². The highest BCUT2D eigenvalue weighted by Crippen LogP contribution is 2.05. The fraction of sp³-hybridized carbons (Fsp3) is 0.444. The number of hydrogen-bond donors (Lipinski definition) is 2. The number of aromatic nitrogens is 2. The van der Waals surface area contributed by atoms with Gasteiger partial charge in [-0.3, -0.25) is 14.3 Å². The quantitative estimate of drug-likeness (QED) is 0.640. The molecule has 0 aliphatic rings. The lowest BCUT2D eigenvalue weighted by Crippen LogP contribution is -2.40. The molecule has 0 unspecified atom stereocenters. The molecule has 106 valence electrons. The number of sulfonamides is 1. The lowest BCUT2D eigenvalue weighted by molar-refractivity contribution is -0.143. The van der Waals surface area contributed by atoms with Crippen LogP contribution in [-0.2, 0) is 26.7 Å². The Balaban J connectivity index is 2.61. The summed E-state index contributed by atoms with van der Waals surface area (Å²) in [5.74, 6) is -1.82. The molecule has 1 aromatic heterocycles. The molecule has 0 radical (unpaired) electrons. The highest BCUT2D eigenvalue weighted by Gasteiger charge is 2.19. The van der Waals surface area contributed by atoms with Crippen LogP contribution in [0.4, 0.5) is 0 Å². The molecular weight excluding hydrogens is 276 g/mol. The molecule has 9 nitrogen and oxygen atoms in total. The van der Waals surface area contributed by atoms with Crippen LogP contribution in [0.5, 0.6) is 0 Å². The van der Waals surface area contributed by atoms with Gasteiger partial charge in [0, 0.05) is 20.3 Å². The van der Waals surface area contributed by atoms with Crippen LogP contribution in [0, 0.1) is 0 Å². The van der Waals surface area contributed by atoms with Gasteiger partial charge in [-0.25, -0.2) is 13.1 Å². The summed E-state index contributed by atoms with van der Waals surface area (Å²) in [5.41, 5.74) is 0. The zero-order chi connectivity index (χ0) is 14.6. The molecule has 2 N–H and O–H groups in total. The predicted molar refractivity (Wildman–Crippen MR) is 63.7 cm³/mol. The molecule has 1 rings (SSSR count). The fourth-order valence-corrected chi connectivity index (χ4v) is 2.16. The van der Waals surface area contributed by atoms with Crippen molar-refractivity contribution >= 4 is 21.9 Å². The molecule has 1 aromatic rings. The molecular formula is C9H14N4O5S. The molecule has 0 fully saturated rings. The number of carboxylic acid groups (broad SMARTS) is 1. The van der Waals surface area contributed by atoms with Gasteiger partial charge in [0.05, 0.1) is 12.7 Å². The van der Waals surface area contributed by atoms with Crippen LogP contribution >= 0.6 is 0 Å². The first-order valence-corrected chi connectivity index (χ1v) is 6.65. The molecule has 0 aliphatic heterocycles. The van der Waals surface area contributed by atoms with Crippen molar-refractivity contribution in [2.45, 2.75) is 4.90 Å². The van der Waals surface area contributed by atoms with Gasteiger partial charge in [-0.15, -0.1) is 0 Å². The summed E-state index contributed by atoms with van der Waals surface area (Å²) in [7, 11) is -0.992. The first-order valence-electron chi connectivity index (χ1n) is 5.16. The van der Waals surface area contributed by atoms with Gasteiger partial charge < -0.3 is 10.0 Å². The standard InChI is InChI=1S/C9H14N4O5S/c1-12(6-9(15)16)8(14)4-11-19(17,18)7-3-10-13(2)5-7/h3,5,11H,4,6H2,1-2H3,(H,15,16). The lowest BCUT2D eigenvalue weighted by atomic mass is 10.5. The van der Waals surface area contributed by atoms with Crippen molar-refractivity contribution in [2.75, 3.05) is 20.1 Å². The maximum Gasteiger partial charge on any atom is 0.323 e. The number of likely N-dealkylation sites (N-methyl/N-ethyl adjacent to an activating group) is 1. The Bertz CT molecular complexity index is 579. The summed E-state index contributed by atoms with van der Waals surface area (Å²) in [6.45, 7) is -1.01. The third-order valence-corrected chi connectivity index (χ3v) is 3.56. The van der Waals surface area contributed by atoms with Crippen LogP contribution in [0.1, 0.15) is 0 Å². The topological polar surface area (TPSA) is 122 Å². The van der Waals surface area contributed by atoms with E-state index in [0.29, 0.717) is 0 Å². The molecule has 10 heteroatoms. The average molecular weight is 290 g/mol. The smallest absolute Gasteiger partial charge is 0.323 e. The number of aryl methyl sites for hydroxylation is 1. The molecule has 0 aliphatic carbocycles. The number of rotatable bonds is 6.